The Bertz CT molecular complexity index is 1590. The lowest BCUT2D eigenvalue weighted by Gasteiger charge is -2.09. The van der Waals surface area contributed by atoms with Gasteiger partial charge in [0.1, 0.15) is 0 Å². The molecule has 3 aromatic carbocycles. The first-order valence-electron chi connectivity index (χ1n) is 11.7. The molecule has 0 amide bonds. The first-order chi connectivity index (χ1) is 17.1. The van der Waals surface area contributed by atoms with Crippen LogP contribution in [-0.4, -0.2) is 5.71 Å². The molecule has 0 unspecified atom stereocenters. The Morgan fingerprint density at radius 1 is 0.829 bits per heavy atom. The third-order valence-corrected chi connectivity index (χ3v) is 7.17. The van der Waals surface area contributed by atoms with Gasteiger partial charge in [-0.1, -0.05) is 110 Å². The molecule has 4 aromatic rings. The van der Waals surface area contributed by atoms with E-state index in [-0.39, 0.29) is 0 Å². The largest absolute Gasteiger partial charge is 0.300 e. The van der Waals surface area contributed by atoms with E-state index in [0.29, 0.717) is 5.71 Å². The molecule has 0 bridgehead atoms. The summed E-state index contributed by atoms with van der Waals surface area (Å²) in [4.78, 5) is 0. The lowest BCUT2D eigenvalue weighted by Crippen LogP contribution is -2.17. The summed E-state index contributed by atoms with van der Waals surface area (Å²) in [5.74, 6) is 0. The molecule has 0 aliphatic rings. The molecule has 4 rings (SSSR count). The number of hydrogen-bond acceptors (Lipinski definition) is 2. The van der Waals surface area contributed by atoms with Crippen molar-refractivity contribution >= 4 is 44.9 Å². The van der Waals surface area contributed by atoms with Gasteiger partial charge in [0.2, 0.25) is 0 Å². The van der Waals surface area contributed by atoms with Gasteiger partial charge in [0.15, 0.2) is 0 Å². The van der Waals surface area contributed by atoms with Crippen LogP contribution in [0.5, 0.6) is 0 Å². The Morgan fingerprint density at radius 2 is 1.57 bits per heavy atom. The number of fused-ring (bicyclic) bond motifs is 1. The van der Waals surface area contributed by atoms with Crippen LogP contribution >= 0.6 is 11.3 Å². The smallest absolute Gasteiger partial charge is 0.0685 e. The van der Waals surface area contributed by atoms with Gasteiger partial charge in [0.05, 0.1) is 5.71 Å². The lowest BCUT2D eigenvalue weighted by molar-refractivity contribution is 1.46. The second kappa shape index (κ2) is 10.9. The molecule has 0 radical (unpaired) electrons. The van der Waals surface area contributed by atoms with Crippen LogP contribution in [0.15, 0.2) is 110 Å². The summed E-state index contributed by atoms with van der Waals surface area (Å²) in [5.41, 5.74) is 6.86. The lowest BCUT2D eigenvalue weighted by atomic mass is 9.96. The summed E-state index contributed by atoms with van der Waals surface area (Å²) < 4.78 is 2.42. The van der Waals surface area contributed by atoms with Crippen molar-refractivity contribution in [1.82, 2.24) is 0 Å². The fourth-order valence-electron chi connectivity index (χ4n) is 4.23. The molecule has 0 spiro atoms. The quantitative estimate of drug-likeness (QED) is 0.209. The number of allylic oxidation sites excluding steroid dienone is 6. The van der Waals surface area contributed by atoms with E-state index in [1.54, 1.807) is 11.3 Å². The van der Waals surface area contributed by atoms with E-state index in [9.17, 15) is 0 Å². The zero-order valence-electron chi connectivity index (χ0n) is 20.2. The molecule has 2 heteroatoms. The van der Waals surface area contributed by atoms with Crippen molar-refractivity contribution < 1.29 is 0 Å². The highest BCUT2D eigenvalue weighted by molar-refractivity contribution is 7.17. The summed E-state index contributed by atoms with van der Waals surface area (Å²) in [6.45, 7) is 11.8. The molecule has 0 saturated heterocycles. The third-order valence-electron chi connectivity index (χ3n) is 5.94. The minimum Gasteiger partial charge on any atom is -0.300 e. The van der Waals surface area contributed by atoms with Crippen molar-refractivity contribution in [3.63, 3.8) is 0 Å². The highest BCUT2D eigenvalue weighted by Crippen LogP contribution is 2.26. The van der Waals surface area contributed by atoms with E-state index in [1.807, 2.05) is 49.4 Å². The molecule has 0 atom stereocenters. The van der Waals surface area contributed by atoms with E-state index in [1.165, 1.54) is 19.8 Å². The van der Waals surface area contributed by atoms with Crippen molar-refractivity contribution in [2.24, 2.45) is 0 Å². The van der Waals surface area contributed by atoms with Gasteiger partial charge in [-0.3, -0.25) is 5.41 Å². The molecule has 1 nitrogen and oxygen atoms in total. The summed E-state index contributed by atoms with van der Waals surface area (Å²) in [6.07, 6.45) is 14.0. The molecule has 35 heavy (non-hydrogen) atoms. The zero-order valence-corrected chi connectivity index (χ0v) is 21.0. The molecule has 0 saturated carbocycles. The maximum absolute atomic E-state index is 8.92. The van der Waals surface area contributed by atoms with Gasteiger partial charge in [-0.2, -0.15) is 0 Å². The van der Waals surface area contributed by atoms with Gasteiger partial charge in [-0.15, -0.1) is 11.3 Å². The van der Waals surface area contributed by atoms with Crippen molar-refractivity contribution in [1.29, 1.82) is 5.41 Å². The van der Waals surface area contributed by atoms with E-state index in [4.69, 9.17) is 5.41 Å². The normalized spacial score (nSPS) is 13.0. The molecular weight excluding hydrogens is 442 g/mol. The van der Waals surface area contributed by atoms with Crippen LogP contribution in [0.1, 0.15) is 30.5 Å². The summed E-state index contributed by atoms with van der Waals surface area (Å²) in [7, 11) is 0. The Labute approximate surface area is 211 Å². The summed E-state index contributed by atoms with van der Waals surface area (Å²) in [5, 5.41) is 11.3. The van der Waals surface area contributed by atoms with Gasteiger partial charge in [0, 0.05) is 25.7 Å². The second-order valence-corrected chi connectivity index (χ2v) is 9.26. The van der Waals surface area contributed by atoms with Gasteiger partial charge in [-0.25, -0.2) is 0 Å². The fourth-order valence-corrected chi connectivity index (χ4v) is 5.34. The zero-order chi connectivity index (χ0) is 24.8. The van der Waals surface area contributed by atoms with Gasteiger partial charge < -0.3 is 0 Å². The Hall–Kier alpha value is -4.01. The first kappa shape index (κ1) is 24.1. The second-order valence-electron chi connectivity index (χ2n) is 8.17. The van der Waals surface area contributed by atoms with Crippen LogP contribution in [0.4, 0.5) is 0 Å². The minimum absolute atomic E-state index is 0.527. The van der Waals surface area contributed by atoms with Crippen LogP contribution in [0.3, 0.4) is 0 Å². The Morgan fingerprint density at radius 3 is 2.26 bits per heavy atom. The Kier molecular flexibility index (Phi) is 7.54. The van der Waals surface area contributed by atoms with Crippen LogP contribution < -0.4 is 9.75 Å². The molecule has 0 aliphatic heterocycles. The van der Waals surface area contributed by atoms with Crippen LogP contribution in [0.2, 0.25) is 0 Å². The third kappa shape index (κ3) is 5.08. The standard InChI is InChI=1S/C33H29NS/c1-5-10-23(11-6-2)24-15-17-25(18-16-24)26-13-9-14-27(21-26)33(34)28-19-20-30-29(12-7-3)31(8-4)35-32(30)22-28/h5-22,34H,1,3H2,2,4H3/b11-6-,23-10+,29-12-,31-8+,34-33?. The van der Waals surface area contributed by atoms with Gasteiger partial charge in [0.25, 0.3) is 0 Å². The number of hydrogen-bond donors (Lipinski definition) is 1. The van der Waals surface area contributed by atoms with E-state index in [2.05, 4.69) is 86.8 Å². The molecule has 1 heterocycles. The number of thiophene rings is 1. The van der Waals surface area contributed by atoms with Crippen LogP contribution in [0, 0.1) is 5.41 Å². The van der Waals surface area contributed by atoms with Crippen molar-refractivity contribution in [3.05, 3.63) is 137 Å². The molecule has 0 fully saturated rings. The highest BCUT2D eigenvalue weighted by Gasteiger charge is 2.10. The first-order valence-corrected chi connectivity index (χ1v) is 12.5. The average molecular weight is 472 g/mol. The average Bonchev–Trinajstić information content (AvgIpc) is 3.25. The van der Waals surface area contributed by atoms with Crippen molar-refractivity contribution in [2.75, 3.05) is 0 Å². The maximum atomic E-state index is 8.92. The summed E-state index contributed by atoms with van der Waals surface area (Å²) >= 11 is 1.75. The molecular formula is C33H29NS. The predicted octanol–water partition coefficient (Wildman–Crippen LogP) is 7.90. The van der Waals surface area contributed by atoms with E-state index in [0.717, 1.165) is 33.4 Å². The van der Waals surface area contributed by atoms with Crippen molar-refractivity contribution in [2.45, 2.75) is 13.8 Å². The van der Waals surface area contributed by atoms with Crippen molar-refractivity contribution in [3.8, 4) is 11.1 Å². The van der Waals surface area contributed by atoms with Crippen LogP contribution in [0.25, 0.3) is 38.9 Å². The predicted molar refractivity (Wildman–Crippen MR) is 157 cm³/mol. The fraction of sp³-hybridized carbons (Fsp3) is 0.0606. The highest BCUT2D eigenvalue weighted by atomic mass is 32.1. The maximum Gasteiger partial charge on any atom is 0.0685 e. The molecule has 172 valence electrons. The molecule has 1 N–H and O–H groups in total. The number of benzene rings is 3. The SMILES string of the molecule is C=C/C=c1\c(=C/C)sc2cc(C(=N)c3cccc(-c4ccc(C(/C=C\C)=C/C=C)cc4)c3)ccc12. The summed E-state index contributed by atoms with van der Waals surface area (Å²) in [6, 6.07) is 23.1. The van der Waals surface area contributed by atoms with Crippen LogP contribution in [-0.2, 0) is 0 Å². The monoisotopic (exact) mass is 471 g/mol. The van der Waals surface area contributed by atoms with E-state index >= 15 is 0 Å². The Balaban J connectivity index is 1.67. The van der Waals surface area contributed by atoms with E-state index < -0.39 is 0 Å². The topological polar surface area (TPSA) is 23.9 Å². The number of nitrogens with one attached hydrogen (secondary N) is 1. The molecule has 0 aliphatic carbocycles. The number of rotatable bonds is 7. The van der Waals surface area contributed by atoms with Gasteiger partial charge >= 0.3 is 0 Å². The minimum atomic E-state index is 0.527. The molecule has 1 aromatic heterocycles. The van der Waals surface area contributed by atoms with Gasteiger partial charge in [-0.05, 0) is 53.5 Å².